The van der Waals surface area contributed by atoms with Gasteiger partial charge in [0.15, 0.2) is 9.84 Å². The van der Waals surface area contributed by atoms with Crippen molar-refractivity contribution in [1.29, 1.82) is 0 Å². The lowest BCUT2D eigenvalue weighted by Gasteiger charge is -2.36. The summed E-state index contributed by atoms with van der Waals surface area (Å²) in [6.45, 7) is 6.44. The van der Waals surface area contributed by atoms with Gasteiger partial charge in [-0.15, -0.1) is 0 Å². The predicted octanol–water partition coefficient (Wildman–Crippen LogP) is 2.48. The van der Waals surface area contributed by atoms with E-state index in [4.69, 9.17) is 11.6 Å². The Bertz CT molecular complexity index is 1020. The van der Waals surface area contributed by atoms with E-state index in [2.05, 4.69) is 10.00 Å². The van der Waals surface area contributed by atoms with E-state index < -0.39 is 9.84 Å². The molecule has 0 saturated carbocycles. The van der Waals surface area contributed by atoms with Crippen LogP contribution < -0.4 is 4.90 Å². The number of carbonyl (C=O) groups is 1. The number of benzene rings is 1. The van der Waals surface area contributed by atoms with Gasteiger partial charge >= 0.3 is 0 Å². The Morgan fingerprint density at radius 1 is 1.10 bits per heavy atom. The van der Waals surface area contributed by atoms with Crippen molar-refractivity contribution in [3.05, 3.63) is 46.2 Å². The minimum Gasteiger partial charge on any atom is -0.368 e. The zero-order valence-electron chi connectivity index (χ0n) is 16.6. The molecule has 0 aliphatic carbocycles. The number of aromatic nitrogens is 2. The minimum atomic E-state index is -3.01. The second kappa shape index (κ2) is 7.65. The maximum absolute atomic E-state index is 13.2. The first-order valence-electron chi connectivity index (χ1n) is 9.81. The van der Waals surface area contributed by atoms with Crippen molar-refractivity contribution in [3.8, 4) is 0 Å². The normalized spacial score (nSPS) is 21.6. The van der Waals surface area contributed by atoms with Crippen molar-refractivity contribution >= 4 is 33.0 Å². The first-order chi connectivity index (χ1) is 13.7. The summed E-state index contributed by atoms with van der Waals surface area (Å²) in [6, 6.07) is 7.56. The van der Waals surface area contributed by atoms with Gasteiger partial charge < -0.3 is 9.80 Å². The lowest BCUT2D eigenvalue weighted by Crippen LogP contribution is -2.49. The van der Waals surface area contributed by atoms with E-state index in [1.807, 2.05) is 43.0 Å². The molecule has 29 heavy (non-hydrogen) atoms. The largest absolute Gasteiger partial charge is 0.368 e. The van der Waals surface area contributed by atoms with Crippen LogP contribution in [0.2, 0.25) is 5.02 Å². The molecule has 0 bridgehead atoms. The molecule has 1 unspecified atom stereocenters. The van der Waals surface area contributed by atoms with E-state index >= 15 is 0 Å². The van der Waals surface area contributed by atoms with Gasteiger partial charge in [0, 0.05) is 42.6 Å². The Hall–Kier alpha value is -2.06. The molecule has 3 heterocycles. The second-order valence-electron chi connectivity index (χ2n) is 7.80. The van der Waals surface area contributed by atoms with Crippen LogP contribution in [0.15, 0.2) is 24.3 Å². The SMILES string of the molecule is Cc1nn(C2CCS(=O)(=O)C2)c(C)c1C(=O)N1CCN(c2ccc(Cl)cc2)CC1. The Morgan fingerprint density at radius 3 is 2.34 bits per heavy atom. The molecule has 2 aliphatic heterocycles. The number of anilines is 1. The molecule has 4 rings (SSSR count). The van der Waals surface area contributed by atoms with Crippen LogP contribution in [0.3, 0.4) is 0 Å². The van der Waals surface area contributed by atoms with Crippen LogP contribution in [0.1, 0.15) is 34.2 Å². The maximum atomic E-state index is 13.2. The number of nitrogens with zero attached hydrogens (tertiary/aromatic N) is 4. The molecule has 0 N–H and O–H groups in total. The molecule has 1 aromatic heterocycles. The van der Waals surface area contributed by atoms with E-state index in [0.717, 1.165) is 24.5 Å². The summed E-state index contributed by atoms with van der Waals surface area (Å²) in [6.07, 6.45) is 0.553. The highest BCUT2D eigenvalue weighted by atomic mass is 35.5. The fraction of sp³-hybridized carbons (Fsp3) is 0.500. The standard InChI is InChI=1S/C20H25ClN4O3S/c1-14-19(15(2)25(22-14)18-7-12-29(27,28)13-18)20(26)24-10-8-23(9-11-24)17-5-3-16(21)4-6-17/h3-6,18H,7-13H2,1-2H3. The third kappa shape index (κ3) is 4.00. The van der Waals surface area contributed by atoms with Crippen molar-refractivity contribution in [2.24, 2.45) is 0 Å². The molecule has 1 atom stereocenters. The quantitative estimate of drug-likeness (QED) is 0.738. The number of aryl methyl sites for hydroxylation is 1. The van der Waals surface area contributed by atoms with Crippen LogP contribution in [0.5, 0.6) is 0 Å². The number of sulfone groups is 1. The summed E-state index contributed by atoms with van der Waals surface area (Å²) < 4.78 is 25.4. The van der Waals surface area contributed by atoms with E-state index in [0.29, 0.717) is 35.8 Å². The highest BCUT2D eigenvalue weighted by Crippen LogP contribution is 2.28. The van der Waals surface area contributed by atoms with Gasteiger partial charge in [0.05, 0.1) is 28.8 Å². The van der Waals surface area contributed by atoms with Crippen molar-refractivity contribution < 1.29 is 13.2 Å². The first kappa shape index (κ1) is 20.2. The van der Waals surface area contributed by atoms with Crippen molar-refractivity contribution in [2.45, 2.75) is 26.3 Å². The average molecular weight is 437 g/mol. The number of carbonyl (C=O) groups excluding carboxylic acids is 1. The molecule has 9 heteroatoms. The van der Waals surface area contributed by atoms with E-state index in [1.54, 1.807) is 4.68 Å². The van der Waals surface area contributed by atoms with E-state index in [1.165, 1.54) is 0 Å². The zero-order valence-corrected chi connectivity index (χ0v) is 18.2. The number of rotatable bonds is 3. The number of hydrogen-bond acceptors (Lipinski definition) is 5. The molecule has 1 aromatic carbocycles. The zero-order chi connectivity index (χ0) is 20.8. The van der Waals surface area contributed by atoms with Gasteiger partial charge in [0.1, 0.15) is 0 Å². The van der Waals surface area contributed by atoms with Gasteiger partial charge in [-0.2, -0.15) is 5.10 Å². The molecule has 2 saturated heterocycles. The highest BCUT2D eigenvalue weighted by molar-refractivity contribution is 7.91. The van der Waals surface area contributed by atoms with Crippen LogP contribution in [0, 0.1) is 13.8 Å². The topological polar surface area (TPSA) is 75.5 Å². The van der Waals surface area contributed by atoms with Crippen LogP contribution in [0.4, 0.5) is 5.69 Å². The third-order valence-electron chi connectivity index (χ3n) is 5.85. The van der Waals surface area contributed by atoms with Crippen molar-refractivity contribution in [1.82, 2.24) is 14.7 Å². The third-order valence-corrected chi connectivity index (χ3v) is 7.85. The van der Waals surface area contributed by atoms with E-state index in [-0.39, 0.29) is 23.5 Å². The summed E-state index contributed by atoms with van der Waals surface area (Å²) in [5, 5.41) is 5.24. The summed E-state index contributed by atoms with van der Waals surface area (Å²) in [5.74, 6) is 0.261. The molecule has 156 valence electrons. The van der Waals surface area contributed by atoms with Crippen LogP contribution in [-0.2, 0) is 9.84 Å². The fourth-order valence-corrected chi connectivity index (χ4v) is 6.09. The van der Waals surface area contributed by atoms with Gasteiger partial charge in [-0.1, -0.05) is 11.6 Å². The van der Waals surface area contributed by atoms with Gasteiger partial charge in [0.25, 0.3) is 5.91 Å². The Balaban J connectivity index is 1.47. The predicted molar refractivity (Wildman–Crippen MR) is 114 cm³/mol. The lowest BCUT2D eigenvalue weighted by molar-refractivity contribution is 0.0745. The van der Waals surface area contributed by atoms with E-state index in [9.17, 15) is 13.2 Å². The molecular formula is C20H25ClN4O3S. The molecular weight excluding hydrogens is 412 g/mol. The minimum absolute atomic E-state index is 0.0251. The highest BCUT2D eigenvalue weighted by Gasteiger charge is 2.33. The second-order valence-corrected chi connectivity index (χ2v) is 10.5. The summed E-state index contributed by atoms with van der Waals surface area (Å²) >= 11 is 5.96. The molecule has 1 amide bonds. The maximum Gasteiger partial charge on any atom is 0.257 e. The molecule has 0 spiro atoms. The van der Waals surface area contributed by atoms with Crippen molar-refractivity contribution in [3.63, 3.8) is 0 Å². The molecule has 2 fully saturated rings. The van der Waals surface area contributed by atoms with Gasteiger partial charge in [0.2, 0.25) is 0 Å². The number of amides is 1. The molecule has 7 nitrogen and oxygen atoms in total. The first-order valence-corrected chi connectivity index (χ1v) is 12.0. The van der Waals surface area contributed by atoms with Gasteiger partial charge in [-0.05, 0) is 44.5 Å². The molecule has 0 radical (unpaired) electrons. The summed E-state index contributed by atoms with van der Waals surface area (Å²) in [5.41, 5.74) is 3.13. The number of piperazine rings is 1. The van der Waals surface area contributed by atoms with Crippen LogP contribution in [0.25, 0.3) is 0 Å². The summed E-state index contributed by atoms with van der Waals surface area (Å²) in [4.78, 5) is 17.3. The van der Waals surface area contributed by atoms with Crippen LogP contribution in [-0.4, -0.2) is 66.7 Å². The number of halogens is 1. The molecule has 2 aromatic rings. The van der Waals surface area contributed by atoms with Crippen LogP contribution >= 0.6 is 11.6 Å². The Kier molecular flexibility index (Phi) is 5.33. The molecule has 2 aliphatic rings. The summed E-state index contributed by atoms with van der Waals surface area (Å²) in [7, 11) is -3.01. The lowest BCUT2D eigenvalue weighted by atomic mass is 10.1. The smallest absolute Gasteiger partial charge is 0.257 e. The van der Waals surface area contributed by atoms with Crippen molar-refractivity contribution in [2.75, 3.05) is 42.6 Å². The fourth-order valence-electron chi connectivity index (χ4n) is 4.27. The monoisotopic (exact) mass is 436 g/mol. The average Bonchev–Trinajstić information content (AvgIpc) is 3.20. The Morgan fingerprint density at radius 2 is 1.76 bits per heavy atom. The van der Waals surface area contributed by atoms with Gasteiger partial charge in [-0.25, -0.2) is 8.42 Å². The number of hydrogen-bond donors (Lipinski definition) is 0. The van der Waals surface area contributed by atoms with Gasteiger partial charge in [-0.3, -0.25) is 9.48 Å². The Labute approximate surface area is 176 Å².